The molecule has 1 aliphatic rings. The molecule has 29 heavy (non-hydrogen) atoms. The van der Waals surface area contributed by atoms with Crippen LogP contribution in [-0.4, -0.2) is 34.0 Å². The van der Waals surface area contributed by atoms with Gasteiger partial charge in [-0.2, -0.15) is 0 Å². The van der Waals surface area contributed by atoms with Gasteiger partial charge in [0.15, 0.2) is 0 Å². The number of sulfonamides is 1. The second-order valence-corrected chi connectivity index (χ2v) is 9.25. The zero-order chi connectivity index (χ0) is 20.9. The molecule has 6 nitrogen and oxygen atoms in total. The van der Waals surface area contributed by atoms with Gasteiger partial charge in [0.25, 0.3) is 5.91 Å². The Labute approximate surface area is 176 Å². The van der Waals surface area contributed by atoms with E-state index in [4.69, 9.17) is 16.3 Å². The van der Waals surface area contributed by atoms with Crippen molar-refractivity contribution in [2.75, 3.05) is 13.7 Å². The number of nitrogens with one attached hydrogen (secondary N) is 2. The molecule has 1 saturated carbocycles. The highest BCUT2D eigenvalue weighted by Gasteiger charge is 2.22. The van der Waals surface area contributed by atoms with Gasteiger partial charge in [-0.3, -0.25) is 4.79 Å². The molecule has 2 aromatic rings. The Hall–Kier alpha value is -2.09. The molecular weight excluding hydrogens is 412 g/mol. The lowest BCUT2D eigenvalue weighted by Gasteiger charge is -2.13. The molecule has 8 heteroatoms. The standard InChI is InChI=1S/C21H25ClN2O4S/c1-28-20-11-8-16(22)14-19(20)21(25)23-13-12-15-6-9-18(10-7-15)29(26,27)24-17-4-2-3-5-17/h6-11,14,17,24H,2-5,12-13H2,1H3,(H,23,25). The molecule has 0 unspecified atom stereocenters. The van der Waals surface area contributed by atoms with E-state index in [1.54, 1.807) is 42.5 Å². The average Bonchev–Trinajstić information content (AvgIpc) is 3.20. The number of ether oxygens (including phenoxy) is 1. The number of methoxy groups -OCH3 is 1. The third kappa shape index (κ3) is 5.72. The second-order valence-electron chi connectivity index (χ2n) is 7.10. The van der Waals surface area contributed by atoms with Crippen molar-refractivity contribution >= 4 is 27.5 Å². The van der Waals surface area contributed by atoms with E-state index in [0.29, 0.717) is 29.3 Å². The predicted octanol–water partition coefficient (Wildman–Crippen LogP) is 3.54. The van der Waals surface area contributed by atoms with Crippen LogP contribution in [-0.2, 0) is 16.4 Å². The van der Waals surface area contributed by atoms with Crippen LogP contribution in [0.1, 0.15) is 41.6 Å². The summed E-state index contributed by atoms with van der Waals surface area (Å²) in [6.45, 7) is 0.404. The molecule has 1 fully saturated rings. The van der Waals surface area contributed by atoms with Gasteiger partial charge in [-0.1, -0.05) is 36.6 Å². The summed E-state index contributed by atoms with van der Waals surface area (Å²) < 4.78 is 32.9. The van der Waals surface area contributed by atoms with Crippen LogP contribution in [0.3, 0.4) is 0 Å². The quantitative estimate of drug-likeness (QED) is 0.662. The summed E-state index contributed by atoms with van der Waals surface area (Å²) in [6.07, 6.45) is 4.51. The van der Waals surface area contributed by atoms with Crippen molar-refractivity contribution in [1.29, 1.82) is 0 Å². The molecule has 0 spiro atoms. The molecule has 156 valence electrons. The van der Waals surface area contributed by atoms with Crippen LogP contribution < -0.4 is 14.8 Å². The summed E-state index contributed by atoms with van der Waals surface area (Å²) in [5.41, 5.74) is 1.31. The average molecular weight is 437 g/mol. The lowest BCUT2D eigenvalue weighted by Crippen LogP contribution is -2.32. The van der Waals surface area contributed by atoms with E-state index < -0.39 is 10.0 Å². The van der Waals surface area contributed by atoms with Gasteiger partial charge in [0.05, 0.1) is 17.6 Å². The third-order valence-electron chi connectivity index (χ3n) is 5.02. The SMILES string of the molecule is COc1ccc(Cl)cc1C(=O)NCCc1ccc(S(=O)(=O)NC2CCCC2)cc1. The minimum atomic E-state index is -3.49. The zero-order valence-corrected chi connectivity index (χ0v) is 17.9. The molecule has 3 rings (SSSR count). The van der Waals surface area contributed by atoms with Crippen LogP contribution in [0.4, 0.5) is 0 Å². The van der Waals surface area contributed by atoms with Gasteiger partial charge < -0.3 is 10.1 Å². The van der Waals surface area contributed by atoms with Crippen LogP contribution in [0.15, 0.2) is 47.4 Å². The van der Waals surface area contributed by atoms with Crippen molar-refractivity contribution in [1.82, 2.24) is 10.0 Å². The fraction of sp³-hybridized carbons (Fsp3) is 0.381. The lowest BCUT2D eigenvalue weighted by molar-refractivity contribution is 0.0951. The Morgan fingerprint density at radius 3 is 2.48 bits per heavy atom. The van der Waals surface area contributed by atoms with Crippen molar-refractivity contribution < 1.29 is 17.9 Å². The summed E-state index contributed by atoms with van der Waals surface area (Å²) in [5, 5.41) is 3.29. The monoisotopic (exact) mass is 436 g/mol. The number of carbonyl (C=O) groups excluding carboxylic acids is 1. The summed E-state index contributed by atoms with van der Waals surface area (Å²) >= 11 is 5.96. The largest absolute Gasteiger partial charge is 0.496 e. The number of halogens is 1. The summed E-state index contributed by atoms with van der Waals surface area (Å²) in [4.78, 5) is 12.6. The Bertz CT molecular complexity index is 955. The molecule has 0 heterocycles. The maximum atomic E-state index is 12.5. The lowest BCUT2D eigenvalue weighted by atomic mass is 10.1. The number of rotatable bonds is 8. The maximum absolute atomic E-state index is 12.5. The van der Waals surface area contributed by atoms with Crippen molar-refractivity contribution in [3.05, 3.63) is 58.6 Å². The molecule has 0 atom stereocenters. The Morgan fingerprint density at radius 2 is 1.83 bits per heavy atom. The fourth-order valence-electron chi connectivity index (χ4n) is 3.44. The van der Waals surface area contributed by atoms with Crippen LogP contribution in [0.5, 0.6) is 5.75 Å². The Morgan fingerprint density at radius 1 is 1.14 bits per heavy atom. The van der Waals surface area contributed by atoms with Gasteiger partial charge in [0.2, 0.25) is 10.0 Å². The normalized spacial score (nSPS) is 14.7. The van der Waals surface area contributed by atoms with Gasteiger partial charge in [0.1, 0.15) is 5.75 Å². The van der Waals surface area contributed by atoms with Gasteiger partial charge in [-0.15, -0.1) is 0 Å². The number of benzene rings is 2. The highest BCUT2D eigenvalue weighted by molar-refractivity contribution is 7.89. The molecule has 2 aromatic carbocycles. The third-order valence-corrected chi connectivity index (χ3v) is 6.79. The molecule has 0 radical (unpaired) electrons. The van der Waals surface area contributed by atoms with E-state index in [0.717, 1.165) is 31.2 Å². The molecule has 2 N–H and O–H groups in total. The van der Waals surface area contributed by atoms with Gasteiger partial charge >= 0.3 is 0 Å². The number of amides is 1. The van der Waals surface area contributed by atoms with Crippen molar-refractivity contribution in [2.24, 2.45) is 0 Å². The Balaban J connectivity index is 1.55. The maximum Gasteiger partial charge on any atom is 0.255 e. The molecular formula is C21H25ClN2O4S. The molecule has 0 saturated heterocycles. The molecule has 1 amide bonds. The van der Waals surface area contributed by atoms with Crippen LogP contribution >= 0.6 is 11.6 Å². The Kier molecular flexibility index (Phi) is 7.16. The molecule has 1 aliphatic carbocycles. The zero-order valence-electron chi connectivity index (χ0n) is 16.3. The van der Waals surface area contributed by atoms with Crippen molar-refractivity contribution in [3.8, 4) is 5.75 Å². The smallest absolute Gasteiger partial charge is 0.255 e. The highest BCUT2D eigenvalue weighted by Crippen LogP contribution is 2.23. The van der Waals surface area contributed by atoms with Crippen LogP contribution in [0.25, 0.3) is 0 Å². The van der Waals surface area contributed by atoms with E-state index in [-0.39, 0.29) is 16.8 Å². The van der Waals surface area contributed by atoms with Gasteiger partial charge in [-0.25, -0.2) is 13.1 Å². The topological polar surface area (TPSA) is 84.5 Å². The molecule has 0 aliphatic heterocycles. The van der Waals surface area contributed by atoms with E-state index in [2.05, 4.69) is 10.0 Å². The van der Waals surface area contributed by atoms with E-state index in [9.17, 15) is 13.2 Å². The first-order chi connectivity index (χ1) is 13.9. The summed E-state index contributed by atoms with van der Waals surface area (Å²) in [7, 11) is -1.99. The second kappa shape index (κ2) is 9.61. The summed E-state index contributed by atoms with van der Waals surface area (Å²) in [6, 6.07) is 11.7. The van der Waals surface area contributed by atoms with Crippen LogP contribution in [0, 0.1) is 0 Å². The van der Waals surface area contributed by atoms with Crippen LogP contribution in [0.2, 0.25) is 5.02 Å². The van der Waals surface area contributed by atoms with Gasteiger partial charge in [-0.05, 0) is 55.2 Å². The minimum absolute atomic E-state index is 0.0402. The molecule has 0 aromatic heterocycles. The first-order valence-electron chi connectivity index (χ1n) is 9.62. The highest BCUT2D eigenvalue weighted by atomic mass is 35.5. The number of hydrogen-bond acceptors (Lipinski definition) is 4. The van der Waals surface area contributed by atoms with Crippen molar-refractivity contribution in [3.63, 3.8) is 0 Å². The van der Waals surface area contributed by atoms with E-state index in [1.165, 1.54) is 7.11 Å². The summed E-state index contributed by atoms with van der Waals surface area (Å²) in [5.74, 6) is 0.181. The fourth-order valence-corrected chi connectivity index (χ4v) is 4.92. The number of hydrogen-bond donors (Lipinski definition) is 2. The first kappa shape index (κ1) is 21.6. The van der Waals surface area contributed by atoms with Crippen molar-refractivity contribution in [2.45, 2.75) is 43.0 Å². The van der Waals surface area contributed by atoms with Gasteiger partial charge in [0, 0.05) is 17.6 Å². The number of carbonyl (C=O) groups is 1. The minimum Gasteiger partial charge on any atom is -0.496 e. The molecule has 0 bridgehead atoms. The van der Waals surface area contributed by atoms with E-state index >= 15 is 0 Å². The first-order valence-corrected chi connectivity index (χ1v) is 11.5. The predicted molar refractivity (Wildman–Crippen MR) is 113 cm³/mol. The van der Waals surface area contributed by atoms with E-state index in [1.807, 2.05) is 0 Å².